The highest BCUT2D eigenvalue weighted by atomic mass is 127. The lowest BCUT2D eigenvalue weighted by molar-refractivity contribution is 0.261. The van der Waals surface area contributed by atoms with Crippen molar-refractivity contribution in [2.45, 2.75) is 45.2 Å². The number of aromatic nitrogens is 3. The SMILES string of the molecule is Cc1nnc(CN=C(NCC2CCC2)NC2CCOc3ccccc32)n1C.I. The summed E-state index contributed by atoms with van der Waals surface area (Å²) in [4.78, 5) is 4.80. The van der Waals surface area contributed by atoms with Gasteiger partial charge in [0.15, 0.2) is 11.8 Å². The van der Waals surface area contributed by atoms with E-state index in [1.54, 1.807) is 0 Å². The quantitative estimate of drug-likeness (QED) is 0.378. The minimum absolute atomic E-state index is 0. The largest absolute Gasteiger partial charge is 0.493 e. The fourth-order valence-corrected chi connectivity index (χ4v) is 3.49. The Bertz CT molecular complexity index is 817. The summed E-state index contributed by atoms with van der Waals surface area (Å²) >= 11 is 0. The molecule has 2 aromatic rings. The van der Waals surface area contributed by atoms with Gasteiger partial charge in [0.2, 0.25) is 0 Å². The number of aryl methyl sites for hydroxylation is 1. The molecular weight excluding hydrogens is 467 g/mol. The Morgan fingerprint density at radius 3 is 2.79 bits per heavy atom. The molecule has 2 heterocycles. The molecule has 8 heteroatoms. The topological polar surface area (TPSA) is 76.4 Å². The predicted octanol–water partition coefficient (Wildman–Crippen LogP) is 3.10. The second kappa shape index (κ2) is 9.58. The Morgan fingerprint density at radius 1 is 1.25 bits per heavy atom. The van der Waals surface area contributed by atoms with E-state index < -0.39 is 0 Å². The van der Waals surface area contributed by atoms with Gasteiger partial charge in [0.05, 0.1) is 12.6 Å². The van der Waals surface area contributed by atoms with Crippen LogP contribution >= 0.6 is 24.0 Å². The van der Waals surface area contributed by atoms with Crippen LogP contribution in [0.4, 0.5) is 0 Å². The van der Waals surface area contributed by atoms with Gasteiger partial charge >= 0.3 is 0 Å². The molecule has 0 saturated heterocycles. The Morgan fingerprint density at radius 2 is 2.07 bits per heavy atom. The van der Waals surface area contributed by atoms with Crippen LogP contribution in [0.2, 0.25) is 0 Å². The van der Waals surface area contributed by atoms with Gasteiger partial charge in [0.1, 0.15) is 18.1 Å². The number of fused-ring (bicyclic) bond motifs is 1. The first-order valence-corrected chi connectivity index (χ1v) is 9.82. The molecule has 0 amide bonds. The Labute approximate surface area is 183 Å². The molecule has 1 fully saturated rings. The van der Waals surface area contributed by atoms with Gasteiger partial charge in [-0.25, -0.2) is 4.99 Å². The Balaban J connectivity index is 0.00000225. The zero-order chi connectivity index (χ0) is 18.6. The van der Waals surface area contributed by atoms with Crippen LogP contribution in [0.1, 0.15) is 48.9 Å². The third-order valence-corrected chi connectivity index (χ3v) is 5.61. The molecule has 1 saturated carbocycles. The number of guanidine groups is 1. The fourth-order valence-electron chi connectivity index (χ4n) is 3.49. The van der Waals surface area contributed by atoms with E-state index in [4.69, 9.17) is 9.73 Å². The van der Waals surface area contributed by atoms with Crippen molar-refractivity contribution in [1.29, 1.82) is 0 Å². The minimum Gasteiger partial charge on any atom is -0.493 e. The molecule has 2 N–H and O–H groups in total. The molecule has 7 nitrogen and oxygen atoms in total. The van der Waals surface area contributed by atoms with Gasteiger partial charge < -0.3 is 19.9 Å². The monoisotopic (exact) mass is 496 g/mol. The van der Waals surface area contributed by atoms with Crippen molar-refractivity contribution in [1.82, 2.24) is 25.4 Å². The zero-order valence-corrected chi connectivity index (χ0v) is 18.8. The highest BCUT2D eigenvalue weighted by Crippen LogP contribution is 2.31. The van der Waals surface area contributed by atoms with Crippen molar-refractivity contribution in [3.63, 3.8) is 0 Å². The minimum atomic E-state index is 0. The molecule has 28 heavy (non-hydrogen) atoms. The Kier molecular flexibility index (Phi) is 7.14. The number of halogens is 1. The van der Waals surface area contributed by atoms with Crippen LogP contribution in [0.3, 0.4) is 0 Å². The third kappa shape index (κ3) is 4.76. The zero-order valence-electron chi connectivity index (χ0n) is 16.5. The number of nitrogens with zero attached hydrogens (tertiary/aromatic N) is 4. The number of hydrogen-bond acceptors (Lipinski definition) is 4. The van der Waals surface area contributed by atoms with Crippen molar-refractivity contribution < 1.29 is 4.74 Å². The molecule has 1 aliphatic heterocycles. The van der Waals surface area contributed by atoms with Crippen LogP contribution in [-0.4, -0.2) is 33.9 Å². The average Bonchev–Trinajstić information content (AvgIpc) is 2.97. The molecule has 152 valence electrons. The fraction of sp³-hybridized carbons (Fsp3) is 0.550. The van der Waals surface area contributed by atoms with Gasteiger partial charge in [0, 0.05) is 25.6 Å². The van der Waals surface area contributed by atoms with E-state index >= 15 is 0 Å². The van der Waals surface area contributed by atoms with E-state index in [1.165, 1.54) is 24.8 Å². The Hall–Kier alpha value is -1.84. The number of para-hydroxylation sites is 1. The predicted molar refractivity (Wildman–Crippen MR) is 120 cm³/mol. The lowest BCUT2D eigenvalue weighted by Gasteiger charge is -2.30. The molecule has 2 aliphatic rings. The summed E-state index contributed by atoms with van der Waals surface area (Å²) < 4.78 is 7.77. The first-order valence-electron chi connectivity index (χ1n) is 9.82. The van der Waals surface area contributed by atoms with Crippen molar-refractivity contribution in [3.8, 4) is 5.75 Å². The molecule has 0 bridgehead atoms. The number of rotatable bonds is 5. The van der Waals surface area contributed by atoms with Crippen LogP contribution in [0.15, 0.2) is 29.3 Å². The normalized spacial score (nSPS) is 19.1. The molecule has 1 unspecified atom stereocenters. The van der Waals surface area contributed by atoms with E-state index in [9.17, 15) is 0 Å². The van der Waals surface area contributed by atoms with E-state index in [0.717, 1.165) is 42.2 Å². The number of nitrogens with one attached hydrogen (secondary N) is 2. The van der Waals surface area contributed by atoms with Crippen molar-refractivity contribution in [3.05, 3.63) is 41.5 Å². The molecule has 1 aromatic carbocycles. The summed E-state index contributed by atoms with van der Waals surface area (Å²) in [6.45, 7) is 4.14. The van der Waals surface area contributed by atoms with Gasteiger partial charge in [0.25, 0.3) is 0 Å². The first kappa shape index (κ1) is 20.9. The van der Waals surface area contributed by atoms with E-state index in [0.29, 0.717) is 13.2 Å². The summed E-state index contributed by atoms with van der Waals surface area (Å²) in [7, 11) is 1.98. The number of ether oxygens (including phenoxy) is 1. The lowest BCUT2D eigenvalue weighted by atomic mass is 9.85. The van der Waals surface area contributed by atoms with Crippen molar-refractivity contribution in [2.24, 2.45) is 18.0 Å². The summed E-state index contributed by atoms with van der Waals surface area (Å²) in [5, 5.41) is 15.5. The standard InChI is InChI=1S/C20H28N6O.HI/c1-14-24-25-19(26(14)2)13-22-20(21-12-15-6-5-7-15)23-17-10-11-27-18-9-4-3-8-16(17)18;/h3-4,8-9,15,17H,5-7,10-13H2,1-2H3,(H2,21,22,23);1H. The maximum absolute atomic E-state index is 5.79. The van der Waals surface area contributed by atoms with Gasteiger partial charge in [-0.1, -0.05) is 24.6 Å². The van der Waals surface area contributed by atoms with Crippen LogP contribution in [0.5, 0.6) is 5.75 Å². The molecule has 1 aliphatic carbocycles. The molecule has 4 rings (SSSR count). The molecule has 0 spiro atoms. The first-order chi connectivity index (χ1) is 13.2. The van der Waals surface area contributed by atoms with Gasteiger partial charge in [-0.05, 0) is 31.7 Å². The molecule has 1 aromatic heterocycles. The summed E-state index contributed by atoms with van der Waals surface area (Å²) in [5.74, 6) is 4.32. The van der Waals surface area contributed by atoms with Gasteiger partial charge in [-0.3, -0.25) is 0 Å². The molecular formula is C20H29IN6O. The second-order valence-corrected chi connectivity index (χ2v) is 7.44. The average molecular weight is 496 g/mol. The number of benzene rings is 1. The smallest absolute Gasteiger partial charge is 0.192 e. The van der Waals surface area contributed by atoms with Crippen LogP contribution < -0.4 is 15.4 Å². The highest BCUT2D eigenvalue weighted by Gasteiger charge is 2.23. The summed E-state index contributed by atoms with van der Waals surface area (Å²) in [6.07, 6.45) is 4.88. The van der Waals surface area contributed by atoms with E-state index in [-0.39, 0.29) is 30.0 Å². The number of hydrogen-bond donors (Lipinski definition) is 2. The van der Waals surface area contributed by atoms with Crippen molar-refractivity contribution >= 4 is 29.9 Å². The summed E-state index contributed by atoms with van der Waals surface area (Å²) in [6, 6.07) is 8.43. The maximum Gasteiger partial charge on any atom is 0.192 e. The molecule has 1 atom stereocenters. The number of aliphatic imine (C=N–C) groups is 1. The molecule has 0 radical (unpaired) electrons. The maximum atomic E-state index is 5.79. The van der Waals surface area contributed by atoms with Crippen LogP contribution in [-0.2, 0) is 13.6 Å². The van der Waals surface area contributed by atoms with Gasteiger partial charge in [-0.15, -0.1) is 34.2 Å². The highest BCUT2D eigenvalue weighted by molar-refractivity contribution is 14.0. The van der Waals surface area contributed by atoms with Crippen LogP contribution in [0, 0.1) is 12.8 Å². The van der Waals surface area contributed by atoms with Gasteiger partial charge in [-0.2, -0.15) is 0 Å². The lowest BCUT2D eigenvalue weighted by Crippen LogP contribution is -2.43. The van der Waals surface area contributed by atoms with E-state index in [1.807, 2.05) is 30.7 Å². The van der Waals surface area contributed by atoms with Crippen molar-refractivity contribution in [2.75, 3.05) is 13.2 Å². The van der Waals surface area contributed by atoms with E-state index in [2.05, 4.69) is 33.0 Å². The second-order valence-electron chi connectivity index (χ2n) is 7.44. The summed E-state index contributed by atoms with van der Waals surface area (Å²) in [5.41, 5.74) is 1.19. The third-order valence-electron chi connectivity index (χ3n) is 5.61. The van der Waals surface area contributed by atoms with Crippen LogP contribution in [0.25, 0.3) is 0 Å².